The fraction of sp³-hybridized carbons (Fsp3) is 0.174. The predicted molar refractivity (Wildman–Crippen MR) is 126 cm³/mol. The van der Waals surface area contributed by atoms with Crippen molar-refractivity contribution in [2.24, 2.45) is 10.7 Å². The number of hydrogen-bond acceptors (Lipinski definition) is 6. The summed E-state index contributed by atoms with van der Waals surface area (Å²) in [5.41, 5.74) is 8.04. The molecule has 4 N–H and O–H groups in total. The van der Waals surface area contributed by atoms with Gasteiger partial charge in [0.1, 0.15) is 11.3 Å². The maximum absolute atomic E-state index is 12.1. The first-order valence-electron chi connectivity index (χ1n) is 9.85. The number of aromatic nitrogens is 1. The van der Waals surface area contributed by atoms with E-state index in [9.17, 15) is 14.7 Å². The molecule has 0 saturated carbocycles. The number of fused-ring (bicyclic) bond motifs is 1. The number of nitrogens with one attached hydrogen (secondary N) is 1. The van der Waals surface area contributed by atoms with Crippen molar-refractivity contribution in [3.05, 3.63) is 71.4 Å². The lowest BCUT2D eigenvalue weighted by Crippen LogP contribution is -2.29. The van der Waals surface area contributed by atoms with Crippen LogP contribution >= 0.6 is 10.5 Å². The summed E-state index contributed by atoms with van der Waals surface area (Å²) in [4.78, 5) is 32.3. The number of pyridine rings is 1. The number of aliphatic hydroxyl groups is 1. The molecule has 0 aliphatic carbocycles. The van der Waals surface area contributed by atoms with Crippen LogP contribution in [0.3, 0.4) is 0 Å². The molecule has 0 bridgehead atoms. The van der Waals surface area contributed by atoms with Crippen molar-refractivity contribution in [1.29, 1.82) is 0 Å². The number of benzene rings is 2. The molecule has 0 fully saturated rings. The predicted octanol–water partition coefficient (Wildman–Crippen LogP) is 1.98. The average molecular weight is 451 g/mol. The molecule has 32 heavy (non-hydrogen) atoms. The van der Waals surface area contributed by atoms with Gasteiger partial charge in [-0.15, -0.1) is 10.5 Å². The van der Waals surface area contributed by atoms with E-state index in [1.807, 2.05) is 53.9 Å². The van der Waals surface area contributed by atoms with Gasteiger partial charge in [0.25, 0.3) is 11.8 Å². The van der Waals surface area contributed by atoms with E-state index in [0.29, 0.717) is 21.8 Å². The van der Waals surface area contributed by atoms with Gasteiger partial charge < -0.3 is 20.9 Å². The number of nitrogens with two attached hydrogens (primary N) is 1. The number of ether oxygens (including phenoxy) is 1. The number of aliphatic imine (C=N–C) groups is 1. The van der Waals surface area contributed by atoms with Gasteiger partial charge >= 0.3 is 0 Å². The summed E-state index contributed by atoms with van der Waals surface area (Å²) < 4.78 is 5.43. The van der Waals surface area contributed by atoms with Gasteiger partial charge in [0.15, 0.2) is 5.17 Å². The summed E-state index contributed by atoms with van der Waals surface area (Å²) in [6.07, 6.45) is 1.40. The lowest BCUT2D eigenvalue weighted by molar-refractivity contribution is -0.115. The van der Waals surface area contributed by atoms with E-state index in [2.05, 4.69) is 15.3 Å². The van der Waals surface area contributed by atoms with Crippen molar-refractivity contribution in [1.82, 2.24) is 10.3 Å². The molecule has 2 amide bonds. The second-order valence-electron chi connectivity index (χ2n) is 7.14. The van der Waals surface area contributed by atoms with E-state index in [0.717, 1.165) is 11.1 Å². The van der Waals surface area contributed by atoms with Crippen molar-refractivity contribution in [3.8, 4) is 5.75 Å². The van der Waals surface area contributed by atoms with Crippen LogP contribution in [0.2, 0.25) is 0 Å². The molecule has 2 heterocycles. The van der Waals surface area contributed by atoms with Crippen LogP contribution in [0.15, 0.2) is 59.7 Å². The third-order valence-electron chi connectivity index (χ3n) is 5.03. The van der Waals surface area contributed by atoms with Crippen molar-refractivity contribution in [2.45, 2.75) is 6.04 Å². The Bertz CT molecular complexity index is 1260. The zero-order chi connectivity index (χ0) is 22.7. The summed E-state index contributed by atoms with van der Waals surface area (Å²) in [5, 5.41) is 16.2. The number of carbonyl (C=O) groups is 2. The molecule has 1 aliphatic heterocycles. The molecule has 1 aromatic heterocycles. The monoisotopic (exact) mass is 450 g/mol. The highest BCUT2D eigenvalue weighted by atomic mass is 32.2. The largest absolute Gasteiger partial charge is 0.495 e. The Morgan fingerprint density at radius 1 is 1.31 bits per heavy atom. The van der Waals surface area contributed by atoms with Gasteiger partial charge in [0.2, 0.25) is 0 Å². The molecule has 1 aliphatic rings. The zero-order valence-electron chi connectivity index (χ0n) is 17.3. The highest BCUT2D eigenvalue weighted by molar-refractivity contribution is 8.28. The number of methoxy groups -OCH3 is 1. The summed E-state index contributed by atoms with van der Waals surface area (Å²) >= 11 is 0. The van der Waals surface area contributed by atoms with Crippen LogP contribution in [0, 0.1) is 0 Å². The molecular weight excluding hydrogens is 428 g/mol. The number of nitrogens with zero attached hydrogens (tertiary/aromatic N) is 2. The highest BCUT2D eigenvalue weighted by Crippen LogP contribution is 2.30. The molecule has 1 unspecified atom stereocenters. The SMILES string of the molecule is COc1c(C(N)=O)cnc2ccc(/C=S3/CC(=O)N=C3N[C@@H](CO)c3ccccc3)cc12. The van der Waals surface area contributed by atoms with E-state index in [4.69, 9.17) is 10.5 Å². The van der Waals surface area contributed by atoms with E-state index >= 15 is 0 Å². The van der Waals surface area contributed by atoms with Gasteiger partial charge in [0, 0.05) is 11.6 Å². The van der Waals surface area contributed by atoms with E-state index < -0.39 is 16.4 Å². The van der Waals surface area contributed by atoms with Gasteiger partial charge in [-0.1, -0.05) is 36.4 Å². The minimum absolute atomic E-state index is 0.136. The molecule has 4 rings (SSSR count). The number of hydrogen-bond donors (Lipinski definition) is 3. The Labute approximate surface area is 187 Å². The summed E-state index contributed by atoms with van der Waals surface area (Å²) in [6.45, 7) is -0.136. The lowest BCUT2D eigenvalue weighted by Gasteiger charge is -2.18. The van der Waals surface area contributed by atoms with Gasteiger partial charge in [0.05, 0.1) is 31.0 Å². The Morgan fingerprint density at radius 2 is 2.09 bits per heavy atom. The minimum Gasteiger partial charge on any atom is -0.495 e. The van der Waals surface area contributed by atoms with Crippen molar-refractivity contribution in [2.75, 3.05) is 19.5 Å². The van der Waals surface area contributed by atoms with Crippen LogP contribution in [0.5, 0.6) is 5.75 Å². The molecule has 9 heteroatoms. The molecular formula is C23H22N4O4S. The van der Waals surface area contributed by atoms with E-state index in [-0.39, 0.29) is 29.9 Å². The summed E-state index contributed by atoms with van der Waals surface area (Å²) in [5.74, 6) is -0.222. The van der Waals surface area contributed by atoms with Crippen LogP contribution in [-0.4, -0.2) is 51.9 Å². The second-order valence-corrected chi connectivity index (χ2v) is 8.91. The first-order valence-corrected chi connectivity index (χ1v) is 11.3. The molecule has 164 valence electrons. The van der Waals surface area contributed by atoms with E-state index in [1.54, 1.807) is 0 Å². The number of rotatable bonds is 6. The molecule has 0 spiro atoms. The number of aliphatic hydroxyl groups excluding tert-OH is 1. The molecule has 8 nitrogen and oxygen atoms in total. The number of amidine groups is 1. The smallest absolute Gasteiger partial charge is 0.258 e. The summed E-state index contributed by atoms with van der Waals surface area (Å²) in [6, 6.07) is 14.7. The molecule has 0 saturated heterocycles. The standard InChI is InChI=1S/C23H22N4O4S/c1-31-21-16-9-14(7-8-18(16)25-10-17(21)22(24)30)12-32-13-20(29)27-23(32)26-19(11-28)15-5-3-2-4-6-15/h2-10,12,19,28H,11,13H2,1H3,(H2,24,30)(H,26,27,29)/t19-,32?/m0/s1. The van der Waals surface area contributed by atoms with Crippen LogP contribution in [0.1, 0.15) is 27.5 Å². The second kappa shape index (κ2) is 9.29. The Balaban J connectivity index is 1.69. The number of amides is 2. The molecule has 2 aromatic carbocycles. The third kappa shape index (κ3) is 4.39. The molecule has 2 atom stereocenters. The topological polar surface area (TPSA) is 127 Å². The normalized spacial score (nSPS) is 16.8. The van der Waals surface area contributed by atoms with Crippen molar-refractivity contribution in [3.63, 3.8) is 0 Å². The van der Waals surface area contributed by atoms with Crippen LogP contribution in [0.25, 0.3) is 10.9 Å². The van der Waals surface area contributed by atoms with Crippen molar-refractivity contribution < 1.29 is 19.4 Å². The zero-order valence-corrected chi connectivity index (χ0v) is 18.1. The van der Waals surface area contributed by atoms with E-state index in [1.165, 1.54) is 13.3 Å². The number of carbonyl (C=O) groups excluding carboxylic acids is 2. The first kappa shape index (κ1) is 21.7. The fourth-order valence-electron chi connectivity index (χ4n) is 3.50. The fourth-order valence-corrected chi connectivity index (χ4v) is 5.15. The lowest BCUT2D eigenvalue weighted by atomic mass is 10.1. The minimum atomic E-state index is -0.622. The van der Waals surface area contributed by atoms with Crippen LogP contribution in [0.4, 0.5) is 0 Å². The number of primary amides is 1. The Morgan fingerprint density at radius 3 is 2.78 bits per heavy atom. The maximum Gasteiger partial charge on any atom is 0.258 e. The molecule has 0 radical (unpaired) electrons. The first-order chi connectivity index (χ1) is 15.5. The quantitative estimate of drug-likeness (QED) is 0.493. The van der Waals surface area contributed by atoms with Crippen LogP contribution in [-0.2, 0) is 4.79 Å². The third-order valence-corrected chi connectivity index (χ3v) is 6.85. The Kier molecular flexibility index (Phi) is 6.29. The van der Waals surface area contributed by atoms with Gasteiger partial charge in [-0.25, -0.2) is 0 Å². The van der Waals surface area contributed by atoms with Gasteiger partial charge in [-0.2, -0.15) is 4.99 Å². The average Bonchev–Trinajstić information content (AvgIpc) is 3.15. The summed E-state index contributed by atoms with van der Waals surface area (Å²) in [7, 11) is 0.867. The van der Waals surface area contributed by atoms with Gasteiger partial charge in [-0.05, 0) is 28.6 Å². The van der Waals surface area contributed by atoms with Crippen molar-refractivity contribution >= 4 is 43.7 Å². The molecule has 3 aromatic rings. The highest BCUT2D eigenvalue weighted by Gasteiger charge is 2.23. The van der Waals surface area contributed by atoms with Crippen LogP contribution < -0.4 is 15.8 Å². The van der Waals surface area contributed by atoms with Gasteiger partial charge in [-0.3, -0.25) is 14.6 Å². The maximum atomic E-state index is 12.1. The Hall–Kier alpha value is -3.56.